The van der Waals surface area contributed by atoms with Gasteiger partial charge in [-0.1, -0.05) is 39.2 Å². The Balaban J connectivity index is 1.85. The van der Waals surface area contributed by atoms with Gasteiger partial charge in [-0.25, -0.2) is 0 Å². The Morgan fingerprint density at radius 1 is 1.22 bits per heavy atom. The quantitative estimate of drug-likeness (QED) is 0.768. The number of fused-ring (bicyclic) bond motifs is 1. The number of unbranched alkanes of at least 4 members (excludes halogenated alkanes) is 2. The van der Waals surface area contributed by atoms with Gasteiger partial charge in [-0.3, -0.25) is 0 Å². The zero-order valence-electron chi connectivity index (χ0n) is 11.5. The largest absolute Gasteiger partial charge is 0.508 e. The molecule has 0 bridgehead atoms. The summed E-state index contributed by atoms with van der Waals surface area (Å²) in [7, 11) is 0. The lowest BCUT2D eigenvalue weighted by atomic mass is 10.00. The lowest BCUT2D eigenvalue weighted by Gasteiger charge is -2.09. The Kier molecular flexibility index (Phi) is 4.51. The minimum atomic E-state index is 0.394. The topological polar surface area (TPSA) is 29.5 Å². The molecule has 1 aromatic rings. The minimum absolute atomic E-state index is 0.394. The number of aromatic hydroxyl groups is 1. The van der Waals surface area contributed by atoms with Crippen LogP contribution in [0.25, 0.3) is 0 Å². The third-order valence-electron chi connectivity index (χ3n) is 3.64. The van der Waals surface area contributed by atoms with E-state index in [9.17, 15) is 5.11 Å². The normalized spacial score (nSPS) is 13.7. The van der Waals surface area contributed by atoms with Crippen LogP contribution in [0.2, 0.25) is 0 Å². The summed E-state index contributed by atoms with van der Waals surface area (Å²) in [5.41, 5.74) is 2.28. The van der Waals surface area contributed by atoms with Crippen molar-refractivity contribution in [1.82, 2.24) is 0 Å². The molecule has 100 valence electrons. The van der Waals surface area contributed by atoms with E-state index < -0.39 is 0 Å². The number of benzene rings is 1. The van der Waals surface area contributed by atoms with Crippen molar-refractivity contribution in [2.45, 2.75) is 52.4 Å². The van der Waals surface area contributed by atoms with E-state index in [0.717, 1.165) is 30.1 Å². The number of phenolic OH excluding ortho intramolecular Hbond substituents is 1. The second-order valence-electron chi connectivity index (χ2n) is 5.64. The molecule has 1 aliphatic rings. The lowest BCUT2D eigenvalue weighted by Crippen LogP contribution is -1.93. The molecule has 0 atom stereocenters. The molecule has 1 aromatic carbocycles. The molecule has 2 rings (SSSR count). The molecule has 2 heteroatoms. The van der Waals surface area contributed by atoms with Crippen LogP contribution in [0.4, 0.5) is 0 Å². The highest BCUT2D eigenvalue weighted by Gasteiger charge is 2.19. The Labute approximate surface area is 110 Å². The second kappa shape index (κ2) is 6.12. The van der Waals surface area contributed by atoms with Gasteiger partial charge in [0.2, 0.25) is 0 Å². The van der Waals surface area contributed by atoms with Gasteiger partial charge in [0, 0.05) is 12.0 Å². The molecule has 0 spiro atoms. The molecule has 0 saturated carbocycles. The van der Waals surface area contributed by atoms with E-state index in [4.69, 9.17) is 4.74 Å². The van der Waals surface area contributed by atoms with Crippen molar-refractivity contribution in [2.75, 3.05) is 6.61 Å². The highest BCUT2D eigenvalue weighted by molar-refractivity contribution is 5.51. The number of hydrogen-bond acceptors (Lipinski definition) is 2. The van der Waals surface area contributed by atoms with E-state index in [0.29, 0.717) is 12.4 Å². The van der Waals surface area contributed by atoms with Gasteiger partial charge in [0.05, 0.1) is 6.61 Å². The molecule has 0 aliphatic carbocycles. The SMILES string of the molecule is CC(C)CCCCCc1ccc(O)c2c1OCC2. The Bertz CT molecular complexity index is 396. The van der Waals surface area contributed by atoms with E-state index in [1.165, 1.54) is 31.2 Å². The number of phenols is 1. The molecule has 2 nitrogen and oxygen atoms in total. The van der Waals surface area contributed by atoms with Gasteiger partial charge < -0.3 is 9.84 Å². The van der Waals surface area contributed by atoms with Gasteiger partial charge in [0.15, 0.2) is 0 Å². The molecular weight excluding hydrogens is 224 g/mol. The van der Waals surface area contributed by atoms with Crippen molar-refractivity contribution in [1.29, 1.82) is 0 Å². The van der Waals surface area contributed by atoms with Gasteiger partial charge in [-0.05, 0) is 30.4 Å². The Hall–Kier alpha value is -1.18. The predicted octanol–water partition coefficient (Wildman–Crippen LogP) is 4.09. The Morgan fingerprint density at radius 3 is 2.83 bits per heavy atom. The van der Waals surface area contributed by atoms with Crippen LogP contribution >= 0.6 is 0 Å². The van der Waals surface area contributed by atoms with Gasteiger partial charge in [-0.15, -0.1) is 0 Å². The van der Waals surface area contributed by atoms with Gasteiger partial charge >= 0.3 is 0 Å². The molecule has 0 radical (unpaired) electrons. The summed E-state index contributed by atoms with van der Waals surface area (Å²) in [6.45, 7) is 5.27. The zero-order valence-corrected chi connectivity index (χ0v) is 11.5. The standard InChI is InChI=1S/C16H24O2/c1-12(2)6-4-3-5-7-13-8-9-15(17)14-10-11-18-16(13)14/h8-9,12,17H,3-7,10-11H2,1-2H3. The van der Waals surface area contributed by atoms with Crippen molar-refractivity contribution in [3.8, 4) is 11.5 Å². The van der Waals surface area contributed by atoms with Gasteiger partial charge in [0.1, 0.15) is 11.5 Å². The van der Waals surface area contributed by atoms with Crippen molar-refractivity contribution >= 4 is 0 Å². The second-order valence-corrected chi connectivity index (χ2v) is 5.64. The van der Waals surface area contributed by atoms with Crippen molar-refractivity contribution in [3.63, 3.8) is 0 Å². The summed E-state index contributed by atoms with van der Waals surface area (Å²) >= 11 is 0. The van der Waals surface area contributed by atoms with Crippen LogP contribution in [0.3, 0.4) is 0 Å². The highest BCUT2D eigenvalue weighted by Crippen LogP contribution is 2.36. The highest BCUT2D eigenvalue weighted by atomic mass is 16.5. The van der Waals surface area contributed by atoms with Crippen molar-refractivity contribution in [2.24, 2.45) is 5.92 Å². The lowest BCUT2D eigenvalue weighted by molar-refractivity contribution is 0.353. The number of aryl methyl sites for hydroxylation is 1. The summed E-state index contributed by atoms with van der Waals surface area (Å²) in [6.07, 6.45) is 7.06. The zero-order chi connectivity index (χ0) is 13.0. The Morgan fingerprint density at radius 2 is 2.06 bits per heavy atom. The summed E-state index contributed by atoms with van der Waals surface area (Å²) < 4.78 is 5.65. The fourth-order valence-electron chi connectivity index (χ4n) is 2.58. The van der Waals surface area contributed by atoms with E-state index in [1.54, 1.807) is 0 Å². The van der Waals surface area contributed by atoms with Crippen molar-refractivity contribution in [3.05, 3.63) is 23.3 Å². The molecule has 1 heterocycles. The fraction of sp³-hybridized carbons (Fsp3) is 0.625. The maximum atomic E-state index is 9.75. The summed E-state index contributed by atoms with van der Waals surface area (Å²) in [6, 6.07) is 3.83. The first-order valence-corrected chi connectivity index (χ1v) is 7.15. The summed E-state index contributed by atoms with van der Waals surface area (Å²) in [5.74, 6) is 2.16. The first-order valence-electron chi connectivity index (χ1n) is 7.15. The average molecular weight is 248 g/mol. The summed E-state index contributed by atoms with van der Waals surface area (Å²) in [5, 5.41) is 9.75. The minimum Gasteiger partial charge on any atom is -0.508 e. The van der Waals surface area contributed by atoms with E-state index in [2.05, 4.69) is 13.8 Å². The van der Waals surface area contributed by atoms with Gasteiger partial charge in [0.25, 0.3) is 0 Å². The summed E-state index contributed by atoms with van der Waals surface area (Å²) in [4.78, 5) is 0. The first-order chi connectivity index (χ1) is 8.68. The predicted molar refractivity (Wildman–Crippen MR) is 74.3 cm³/mol. The molecule has 18 heavy (non-hydrogen) atoms. The van der Waals surface area contributed by atoms with Crippen LogP contribution in [0.5, 0.6) is 11.5 Å². The van der Waals surface area contributed by atoms with Crippen LogP contribution < -0.4 is 4.74 Å². The van der Waals surface area contributed by atoms with Crippen LogP contribution in [0.15, 0.2) is 12.1 Å². The molecule has 0 aromatic heterocycles. The van der Waals surface area contributed by atoms with Crippen LogP contribution in [0.1, 0.15) is 50.7 Å². The third kappa shape index (κ3) is 3.18. The molecule has 0 saturated heterocycles. The first kappa shape index (κ1) is 13.3. The third-order valence-corrected chi connectivity index (χ3v) is 3.64. The van der Waals surface area contributed by atoms with Crippen LogP contribution in [-0.2, 0) is 12.8 Å². The van der Waals surface area contributed by atoms with Gasteiger partial charge in [-0.2, -0.15) is 0 Å². The average Bonchev–Trinajstić information content (AvgIpc) is 2.81. The number of hydrogen-bond donors (Lipinski definition) is 1. The van der Waals surface area contributed by atoms with E-state index in [1.807, 2.05) is 12.1 Å². The molecule has 1 aliphatic heterocycles. The van der Waals surface area contributed by atoms with Crippen LogP contribution in [0, 0.1) is 5.92 Å². The monoisotopic (exact) mass is 248 g/mol. The molecule has 0 unspecified atom stereocenters. The van der Waals surface area contributed by atoms with E-state index in [-0.39, 0.29) is 0 Å². The molecule has 0 fully saturated rings. The maximum absolute atomic E-state index is 9.75. The smallest absolute Gasteiger partial charge is 0.129 e. The number of rotatable bonds is 6. The fourth-order valence-corrected chi connectivity index (χ4v) is 2.58. The maximum Gasteiger partial charge on any atom is 0.129 e. The van der Waals surface area contributed by atoms with E-state index >= 15 is 0 Å². The van der Waals surface area contributed by atoms with Crippen LogP contribution in [-0.4, -0.2) is 11.7 Å². The molecular formula is C16H24O2. The molecule has 1 N–H and O–H groups in total. The van der Waals surface area contributed by atoms with Crippen molar-refractivity contribution < 1.29 is 9.84 Å². The molecule has 0 amide bonds. The number of ether oxygens (including phenoxy) is 1.